The summed E-state index contributed by atoms with van der Waals surface area (Å²) >= 11 is 5.91. The van der Waals surface area contributed by atoms with E-state index in [4.69, 9.17) is 16.3 Å². The van der Waals surface area contributed by atoms with Crippen molar-refractivity contribution in [2.24, 2.45) is 0 Å². The molecule has 0 radical (unpaired) electrons. The van der Waals surface area contributed by atoms with Crippen molar-refractivity contribution in [3.05, 3.63) is 47.0 Å². The van der Waals surface area contributed by atoms with E-state index >= 15 is 0 Å². The van der Waals surface area contributed by atoms with Gasteiger partial charge in [0.25, 0.3) is 15.7 Å². The van der Waals surface area contributed by atoms with Gasteiger partial charge in [-0.15, -0.1) is 0 Å². The topological polar surface area (TPSA) is 107 Å². The van der Waals surface area contributed by atoms with Crippen molar-refractivity contribution in [1.82, 2.24) is 0 Å². The van der Waals surface area contributed by atoms with Gasteiger partial charge in [-0.25, -0.2) is 16.8 Å². The number of hydrogen-bond donors (Lipinski definition) is 1. The Balaban J connectivity index is 2.52. The third kappa shape index (κ3) is 4.82. The van der Waals surface area contributed by atoms with Crippen molar-refractivity contribution in [2.45, 2.75) is 15.3 Å². The number of methoxy groups -OCH3 is 1. The summed E-state index contributed by atoms with van der Waals surface area (Å²) in [7, 11) is -8.19. The van der Waals surface area contributed by atoms with Crippen LogP contribution in [0.2, 0.25) is 5.02 Å². The molecule has 0 saturated carbocycles. The van der Waals surface area contributed by atoms with E-state index in [0.717, 1.165) is 31.6 Å². The molecule has 158 valence electrons. The number of hydrogen-bond acceptors (Lipinski definition) is 6. The summed E-state index contributed by atoms with van der Waals surface area (Å²) in [5, 5.41) is 2.05. The molecule has 0 unspecified atom stereocenters. The van der Waals surface area contributed by atoms with Gasteiger partial charge in [0.05, 0.1) is 33.2 Å². The number of alkyl halides is 3. The molecule has 0 fully saturated rings. The molecular weight excluding hydrogens is 459 g/mol. The third-order valence-corrected chi connectivity index (χ3v) is 6.57. The molecule has 0 bridgehead atoms. The summed E-state index contributed by atoms with van der Waals surface area (Å²) in [6.45, 7) is 0. The van der Waals surface area contributed by atoms with E-state index in [1.807, 2.05) is 0 Å². The van der Waals surface area contributed by atoms with Gasteiger partial charge in [0.15, 0.2) is 9.84 Å². The average molecular weight is 472 g/mol. The molecule has 1 amide bonds. The minimum atomic E-state index is -5.67. The van der Waals surface area contributed by atoms with Crippen LogP contribution in [0.25, 0.3) is 0 Å². The van der Waals surface area contributed by atoms with E-state index in [1.54, 1.807) is 0 Å². The highest BCUT2D eigenvalue weighted by molar-refractivity contribution is 7.92. The van der Waals surface area contributed by atoms with Crippen LogP contribution in [-0.4, -0.2) is 41.6 Å². The number of halogens is 4. The number of amides is 1. The third-order valence-electron chi connectivity index (χ3n) is 3.64. The van der Waals surface area contributed by atoms with Gasteiger partial charge in [-0.2, -0.15) is 13.2 Å². The molecule has 29 heavy (non-hydrogen) atoms. The van der Waals surface area contributed by atoms with Gasteiger partial charge in [0, 0.05) is 6.26 Å². The smallest absolute Gasteiger partial charge is 0.495 e. The van der Waals surface area contributed by atoms with E-state index in [9.17, 15) is 34.8 Å². The maximum atomic E-state index is 12.8. The zero-order valence-corrected chi connectivity index (χ0v) is 17.1. The highest BCUT2D eigenvalue weighted by Crippen LogP contribution is 2.35. The van der Waals surface area contributed by atoms with Crippen LogP contribution in [0.3, 0.4) is 0 Å². The Labute approximate surface area is 169 Å². The predicted molar refractivity (Wildman–Crippen MR) is 98.7 cm³/mol. The first-order valence-corrected chi connectivity index (χ1v) is 11.2. The predicted octanol–water partition coefficient (Wildman–Crippen LogP) is 3.30. The Hall–Kier alpha value is -2.31. The van der Waals surface area contributed by atoms with Gasteiger partial charge in [0.1, 0.15) is 5.75 Å². The highest BCUT2D eigenvalue weighted by atomic mass is 35.5. The van der Waals surface area contributed by atoms with E-state index in [1.165, 1.54) is 6.07 Å². The summed E-state index contributed by atoms with van der Waals surface area (Å²) < 4.78 is 89.8. The zero-order valence-electron chi connectivity index (χ0n) is 14.7. The van der Waals surface area contributed by atoms with Gasteiger partial charge in [0.2, 0.25) is 0 Å². The molecule has 0 saturated heterocycles. The van der Waals surface area contributed by atoms with E-state index in [2.05, 4.69) is 5.32 Å². The van der Waals surface area contributed by atoms with Crippen molar-refractivity contribution in [2.75, 3.05) is 18.7 Å². The largest absolute Gasteiger partial charge is 0.501 e. The molecule has 2 aromatic rings. The van der Waals surface area contributed by atoms with Gasteiger partial charge >= 0.3 is 5.51 Å². The summed E-state index contributed by atoms with van der Waals surface area (Å²) in [4.78, 5) is 11.2. The Kier molecular flexibility index (Phi) is 6.21. The lowest BCUT2D eigenvalue weighted by Gasteiger charge is -2.14. The minimum absolute atomic E-state index is 0.130. The molecule has 2 aromatic carbocycles. The van der Waals surface area contributed by atoms with Crippen LogP contribution in [0.1, 0.15) is 10.4 Å². The fourth-order valence-corrected chi connectivity index (χ4v) is 3.82. The second-order valence-electron chi connectivity index (χ2n) is 5.68. The summed E-state index contributed by atoms with van der Waals surface area (Å²) in [6, 6.07) is 5.50. The maximum Gasteiger partial charge on any atom is 0.501 e. The molecular formula is C16H13ClF3NO6S2. The fourth-order valence-electron chi connectivity index (χ4n) is 2.18. The Morgan fingerprint density at radius 1 is 1.03 bits per heavy atom. The molecule has 1 N–H and O–H groups in total. The number of nitrogens with one attached hydrogen (secondary N) is 1. The minimum Gasteiger partial charge on any atom is -0.495 e. The average Bonchev–Trinajstić information content (AvgIpc) is 2.59. The molecule has 7 nitrogen and oxygen atoms in total. The Morgan fingerprint density at radius 2 is 1.62 bits per heavy atom. The monoisotopic (exact) mass is 471 g/mol. The molecule has 2 rings (SSSR count). The number of carbonyl (C=O) groups excluding carboxylic acids is 1. The Morgan fingerprint density at radius 3 is 2.14 bits per heavy atom. The summed E-state index contributed by atoms with van der Waals surface area (Å²) in [5.74, 6) is -1.12. The second kappa shape index (κ2) is 7.84. The summed E-state index contributed by atoms with van der Waals surface area (Å²) in [6.07, 6.45) is 0.909. The first kappa shape index (κ1) is 23.0. The van der Waals surface area contributed by atoms with E-state index < -0.39 is 36.0 Å². The van der Waals surface area contributed by atoms with Gasteiger partial charge in [-0.3, -0.25) is 4.79 Å². The zero-order chi connectivity index (χ0) is 22.2. The quantitative estimate of drug-likeness (QED) is 0.717. The van der Waals surface area contributed by atoms with Crippen LogP contribution in [-0.2, 0) is 19.7 Å². The normalized spacial score (nSPS) is 12.5. The van der Waals surface area contributed by atoms with Crippen LogP contribution < -0.4 is 10.1 Å². The van der Waals surface area contributed by atoms with Gasteiger partial charge < -0.3 is 10.1 Å². The van der Waals surface area contributed by atoms with Gasteiger partial charge in [-0.1, -0.05) is 11.6 Å². The van der Waals surface area contributed by atoms with Crippen molar-refractivity contribution >= 4 is 42.9 Å². The van der Waals surface area contributed by atoms with Crippen LogP contribution in [0.4, 0.5) is 18.9 Å². The molecule has 0 spiro atoms. The number of sulfone groups is 2. The molecule has 0 aromatic heterocycles. The van der Waals surface area contributed by atoms with Crippen molar-refractivity contribution < 1.29 is 39.5 Å². The van der Waals surface area contributed by atoms with E-state index in [0.29, 0.717) is 12.1 Å². The second-order valence-corrected chi connectivity index (χ2v) is 10.0. The molecule has 0 aliphatic heterocycles. The van der Waals surface area contributed by atoms with Crippen molar-refractivity contribution in [1.29, 1.82) is 0 Å². The van der Waals surface area contributed by atoms with Gasteiger partial charge in [-0.05, 0) is 36.4 Å². The maximum absolute atomic E-state index is 12.8. The SMILES string of the molecule is COc1ccc(S(=O)(=O)C(F)(F)F)cc1NC(=O)c1cc(S(C)(=O)=O)ccc1Cl. The molecule has 0 aliphatic carbocycles. The lowest BCUT2D eigenvalue weighted by atomic mass is 10.2. The first-order chi connectivity index (χ1) is 13.2. The lowest BCUT2D eigenvalue weighted by molar-refractivity contribution is -0.0436. The molecule has 0 aliphatic rings. The van der Waals surface area contributed by atoms with Crippen LogP contribution in [0.5, 0.6) is 5.75 Å². The van der Waals surface area contributed by atoms with Crippen LogP contribution >= 0.6 is 11.6 Å². The van der Waals surface area contributed by atoms with Crippen molar-refractivity contribution in [3.63, 3.8) is 0 Å². The van der Waals surface area contributed by atoms with Crippen LogP contribution in [0.15, 0.2) is 46.2 Å². The number of benzene rings is 2. The number of carbonyl (C=O) groups is 1. The van der Waals surface area contributed by atoms with Crippen molar-refractivity contribution in [3.8, 4) is 5.75 Å². The lowest BCUT2D eigenvalue weighted by Crippen LogP contribution is -2.23. The molecule has 0 heterocycles. The number of ether oxygens (including phenoxy) is 1. The number of rotatable bonds is 5. The molecule has 0 atom stereocenters. The highest BCUT2D eigenvalue weighted by Gasteiger charge is 2.47. The summed E-state index contributed by atoms with van der Waals surface area (Å²) in [5.41, 5.74) is -6.22. The fraction of sp³-hybridized carbons (Fsp3) is 0.188. The number of anilines is 1. The standard InChI is InChI=1S/C16H13ClF3NO6S2/c1-27-14-6-4-10(29(25,26)16(18,19)20)8-13(14)21-15(22)11-7-9(28(2,23)24)3-5-12(11)17/h3-8H,1-2H3,(H,21,22). The molecule has 13 heteroatoms. The van der Waals surface area contributed by atoms with Crippen LogP contribution in [0, 0.1) is 0 Å². The first-order valence-electron chi connectivity index (χ1n) is 7.49. The Bertz CT molecular complexity index is 1180. The van der Waals surface area contributed by atoms with E-state index in [-0.39, 0.29) is 26.9 Å².